The molecular weight excluding hydrogens is 408 g/mol. The fourth-order valence-corrected chi connectivity index (χ4v) is 4.67. The number of amides is 1. The van der Waals surface area contributed by atoms with E-state index >= 15 is 0 Å². The predicted molar refractivity (Wildman–Crippen MR) is 124 cm³/mol. The summed E-state index contributed by atoms with van der Waals surface area (Å²) in [4.78, 5) is 13.0. The normalized spacial score (nSPS) is 11.5. The lowest BCUT2D eigenvalue weighted by molar-refractivity contribution is -0.116. The van der Waals surface area contributed by atoms with Crippen LogP contribution in [-0.4, -0.2) is 25.2 Å². The van der Waals surface area contributed by atoms with Crippen LogP contribution in [0.3, 0.4) is 0 Å². The summed E-state index contributed by atoms with van der Waals surface area (Å²) in [5.41, 5.74) is 5.58. The lowest BCUT2D eigenvalue weighted by Crippen LogP contribution is -2.37. The van der Waals surface area contributed by atoms with Crippen molar-refractivity contribution in [1.29, 1.82) is 0 Å². The minimum atomic E-state index is -3.86. The Morgan fingerprint density at radius 3 is 1.94 bits per heavy atom. The van der Waals surface area contributed by atoms with E-state index in [1.807, 2.05) is 70.2 Å². The molecule has 3 rings (SSSR count). The number of hydrogen-bond acceptors (Lipinski definition) is 3. The van der Waals surface area contributed by atoms with Crippen molar-refractivity contribution in [2.75, 3.05) is 11.9 Å². The molecule has 0 aliphatic carbocycles. The smallest absolute Gasteiger partial charge is 0.243 e. The van der Waals surface area contributed by atoms with Gasteiger partial charge in [-0.2, -0.15) is 4.31 Å². The van der Waals surface area contributed by atoms with Crippen molar-refractivity contribution < 1.29 is 13.2 Å². The molecule has 0 aromatic heterocycles. The van der Waals surface area contributed by atoms with E-state index in [4.69, 9.17) is 0 Å². The molecular formula is C25H28N2O3S. The first-order valence-corrected chi connectivity index (χ1v) is 11.6. The second kappa shape index (κ2) is 9.45. The van der Waals surface area contributed by atoms with Crippen LogP contribution in [0.25, 0.3) is 0 Å². The highest BCUT2D eigenvalue weighted by Gasteiger charge is 2.27. The van der Waals surface area contributed by atoms with Crippen molar-refractivity contribution in [3.05, 3.63) is 94.5 Å². The molecule has 0 saturated carbocycles. The molecule has 31 heavy (non-hydrogen) atoms. The standard InChI is InChI=1S/C25H28N2O3S/c1-18-5-10-22(11-6-18)16-27(31(29,30)23-12-7-19(2)8-13-23)17-25(28)26-24-14-9-20(3)15-21(24)4/h5-15H,16-17H2,1-4H3,(H,26,28). The van der Waals surface area contributed by atoms with Gasteiger partial charge in [0.25, 0.3) is 0 Å². The van der Waals surface area contributed by atoms with E-state index in [1.165, 1.54) is 4.31 Å². The van der Waals surface area contributed by atoms with Gasteiger partial charge in [-0.05, 0) is 57.0 Å². The van der Waals surface area contributed by atoms with E-state index in [0.717, 1.165) is 27.8 Å². The third-order valence-corrected chi connectivity index (χ3v) is 6.92. The molecule has 0 radical (unpaired) electrons. The molecule has 0 heterocycles. The monoisotopic (exact) mass is 436 g/mol. The van der Waals surface area contributed by atoms with Crippen LogP contribution in [0.1, 0.15) is 27.8 Å². The Kier molecular flexibility index (Phi) is 6.93. The first-order chi connectivity index (χ1) is 14.6. The number of nitrogens with one attached hydrogen (secondary N) is 1. The topological polar surface area (TPSA) is 66.5 Å². The van der Waals surface area contributed by atoms with Crippen LogP contribution >= 0.6 is 0 Å². The third-order valence-electron chi connectivity index (χ3n) is 5.11. The van der Waals surface area contributed by atoms with Crippen LogP contribution in [0, 0.1) is 27.7 Å². The molecule has 0 saturated heterocycles. The molecule has 3 aromatic carbocycles. The van der Waals surface area contributed by atoms with Crippen molar-refractivity contribution in [3.8, 4) is 0 Å². The van der Waals surface area contributed by atoms with Gasteiger partial charge < -0.3 is 5.32 Å². The number of nitrogens with zero attached hydrogens (tertiary/aromatic N) is 1. The van der Waals surface area contributed by atoms with Crippen molar-refractivity contribution in [1.82, 2.24) is 4.31 Å². The quantitative estimate of drug-likeness (QED) is 0.581. The summed E-state index contributed by atoms with van der Waals surface area (Å²) in [7, 11) is -3.86. The summed E-state index contributed by atoms with van der Waals surface area (Å²) >= 11 is 0. The minimum absolute atomic E-state index is 0.108. The number of benzene rings is 3. The Morgan fingerprint density at radius 1 is 0.806 bits per heavy atom. The molecule has 5 nitrogen and oxygen atoms in total. The third kappa shape index (κ3) is 5.81. The van der Waals surface area contributed by atoms with E-state index in [2.05, 4.69) is 5.32 Å². The van der Waals surface area contributed by atoms with Crippen molar-refractivity contribution in [2.24, 2.45) is 0 Å². The Hall–Kier alpha value is -2.96. The fourth-order valence-electron chi connectivity index (χ4n) is 3.29. The van der Waals surface area contributed by atoms with Crippen LogP contribution in [0.15, 0.2) is 71.6 Å². The Morgan fingerprint density at radius 2 is 1.35 bits per heavy atom. The maximum atomic E-state index is 13.4. The zero-order chi connectivity index (χ0) is 22.6. The van der Waals surface area contributed by atoms with Crippen LogP contribution < -0.4 is 5.32 Å². The summed E-state index contributed by atoms with van der Waals surface area (Å²) < 4.78 is 27.9. The molecule has 162 valence electrons. The first-order valence-electron chi connectivity index (χ1n) is 10.1. The van der Waals surface area contributed by atoms with Crippen LogP contribution in [0.2, 0.25) is 0 Å². The van der Waals surface area contributed by atoms with Gasteiger partial charge in [-0.3, -0.25) is 4.79 Å². The summed E-state index contributed by atoms with van der Waals surface area (Å²) in [5, 5.41) is 2.85. The maximum absolute atomic E-state index is 13.4. The molecule has 0 aliphatic heterocycles. The molecule has 0 bridgehead atoms. The van der Waals surface area contributed by atoms with Gasteiger partial charge in [0.15, 0.2) is 0 Å². The number of carbonyl (C=O) groups is 1. The van der Waals surface area contributed by atoms with E-state index in [9.17, 15) is 13.2 Å². The number of rotatable bonds is 7. The number of anilines is 1. The zero-order valence-corrected chi connectivity index (χ0v) is 19.2. The molecule has 0 unspecified atom stereocenters. The number of sulfonamides is 1. The fraction of sp³-hybridized carbons (Fsp3) is 0.240. The second-order valence-corrected chi connectivity index (χ2v) is 9.88. The highest BCUT2D eigenvalue weighted by Crippen LogP contribution is 2.21. The van der Waals surface area contributed by atoms with E-state index in [1.54, 1.807) is 24.3 Å². The number of carbonyl (C=O) groups excluding carboxylic acids is 1. The van der Waals surface area contributed by atoms with Crippen molar-refractivity contribution in [3.63, 3.8) is 0 Å². The van der Waals surface area contributed by atoms with Gasteiger partial charge in [0.05, 0.1) is 11.4 Å². The van der Waals surface area contributed by atoms with Gasteiger partial charge in [-0.15, -0.1) is 0 Å². The molecule has 0 aliphatic rings. The maximum Gasteiger partial charge on any atom is 0.243 e. The molecule has 6 heteroatoms. The van der Waals surface area contributed by atoms with E-state index in [0.29, 0.717) is 5.69 Å². The van der Waals surface area contributed by atoms with Crippen LogP contribution in [0.4, 0.5) is 5.69 Å². The highest BCUT2D eigenvalue weighted by molar-refractivity contribution is 7.89. The average molecular weight is 437 g/mol. The van der Waals surface area contributed by atoms with Gasteiger partial charge in [-0.25, -0.2) is 8.42 Å². The SMILES string of the molecule is Cc1ccc(CN(CC(=O)Nc2ccc(C)cc2C)S(=O)(=O)c2ccc(C)cc2)cc1. The molecule has 0 fully saturated rings. The lowest BCUT2D eigenvalue weighted by atomic mass is 10.1. The van der Waals surface area contributed by atoms with Crippen molar-refractivity contribution >= 4 is 21.6 Å². The van der Waals surface area contributed by atoms with Gasteiger partial charge in [0, 0.05) is 12.2 Å². The first kappa shape index (κ1) is 22.7. The predicted octanol–water partition coefficient (Wildman–Crippen LogP) is 4.75. The van der Waals surface area contributed by atoms with Gasteiger partial charge in [-0.1, -0.05) is 65.2 Å². The second-order valence-electron chi connectivity index (χ2n) is 7.94. The highest BCUT2D eigenvalue weighted by atomic mass is 32.2. The summed E-state index contributed by atoms with van der Waals surface area (Å²) in [5.74, 6) is -0.380. The Bertz CT molecular complexity index is 1170. The Labute approximate surface area is 184 Å². The lowest BCUT2D eigenvalue weighted by Gasteiger charge is -2.22. The number of hydrogen-bond donors (Lipinski definition) is 1. The van der Waals surface area contributed by atoms with Gasteiger partial charge in [0.2, 0.25) is 15.9 Å². The van der Waals surface area contributed by atoms with E-state index < -0.39 is 10.0 Å². The van der Waals surface area contributed by atoms with Crippen LogP contribution in [0.5, 0.6) is 0 Å². The summed E-state index contributed by atoms with van der Waals surface area (Å²) in [6.45, 7) is 7.60. The molecule has 1 N–H and O–H groups in total. The largest absolute Gasteiger partial charge is 0.325 e. The molecule has 0 spiro atoms. The van der Waals surface area contributed by atoms with Crippen molar-refractivity contribution in [2.45, 2.75) is 39.1 Å². The Balaban J connectivity index is 1.88. The molecule has 0 atom stereocenters. The van der Waals surface area contributed by atoms with E-state index in [-0.39, 0.29) is 23.9 Å². The number of aryl methyl sites for hydroxylation is 4. The summed E-state index contributed by atoms with van der Waals surface area (Å²) in [6, 6.07) is 20.0. The minimum Gasteiger partial charge on any atom is -0.325 e. The summed E-state index contributed by atoms with van der Waals surface area (Å²) in [6.07, 6.45) is 0. The van der Waals surface area contributed by atoms with Crippen LogP contribution in [-0.2, 0) is 21.4 Å². The van der Waals surface area contributed by atoms with Gasteiger partial charge >= 0.3 is 0 Å². The van der Waals surface area contributed by atoms with Gasteiger partial charge in [0.1, 0.15) is 0 Å². The average Bonchev–Trinajstić information content (AvgIpc) is 2.71. The molecule has 3 aromatic rings. The zero-order valence-electron chi connectivity index (χ0n) is 18.3. The molecule has 1 amide bonds.